The Morgan fingerprint density at radius 3 is 2.94 bits per heavy atom. The van der Waals surface area contributed by atoms with Crippen molar-refractivity contribution in [2.45, 2.75) is 19.9 Å². The number of aromatic nitrogens is 3. The molecule has 16 heavy (non-hydrogen) atoms. The molecular weight excluding hydrogens is 230 g/mol. The maximum atomic E-state index is 11.5. The minimum atomic E-state index is -0.191. The van der Waals surface area contributed by atoms with E-state index in [1.54, 1.807) is 12.1 Å². The van der Waals surface area contributed by atoms with Crippen LogP contribution in [0.4, 0.5) is 0 Å². The first-order valence-electron chi connectivity index (χ1n) is 4.87. The molecule has 0 saturated heterocycles. The predicted octanol–water partition coefficient (Wildman–Crippen LogP) is 1.50. The second-order valence-corrected chi connectivity index (χ2v) is 3.62. The van der Waals surface area contributed by atoms with E-state index in [0.717, 1.165) is 0 Å². The summed E-state index contributed by atoms with van der Waals surface area (Å²) in [6, 6.07) is 4.68. The second kappa shape index (κ2) is 4.49. The number of aryl methyl sites for hydroxylation is 1. The van der Waals surface area contributed by atoms with Crippen LogP contribution in [0.15, 0.2) is 27.5 Å². The Hall–Kier alpha value is -1.62. The number of hydrogen-bond acceptors (Lipinski definition) is 4. The third kappa shape index (κ3) is 2.14. The van der Waals surface area contributed by atoms with Crippen LogP contribution in [0.2, 0.25) is 5.15 Å². The van der Waals surface area contributed by atoms with Gasteiger partial charge in [-0.1, -0.05) is 29.7 Å². The van der Waals surface area contributed by atoms with Crippen LogP contribution in [0.3, 0.4) is 0 Å². The number of nitrogens with zero attached hydrogens (tertiary/aromatic N) is 3. The van der Waals surface area contributed by atoms with Crippen LogP contribution in [0.25, 0.3) is 0 Å². The van der Waals surface area contributed by atoms with Crippen molar-refractivity contribution < 1.29 is 4.52 Å². The Kier molecular flexibility index (Phi) is 3.05. The Morgan fingerprint density at radius 2 is 2.31 bits per heavy atom. The van der Waals surface area contributed by atoms with Gasteiger partial charge in [-0.3, -0.25) is 9.36 Å². The lowest BCUT2D eigenvalue weighted by Crippen LogP contribution is -2.20. The van der Waals surface area contributed by atoms with Crippen LogP contribution in [-0.2, 0) is 13.0 Å². The average molecular weight is 240 g/mol. The van der Waals surface area contributed by atoms with Gasteiger partial charge in [-0.05, 0) is 6.07 Å². The van der Waals surface area contributed by atoms with Gasteiger partial charge >= 0.3 is 0 Å². The molecule has 0 aromatic carbocycles. The molecule has 0 atom stereocenters. The number of halogens is 1. The van der Waals surface area contributed by atoms with E-state index in [4.69, 9.17) is 16.1 Å². The van der Waals surface area contributed by atoms with Crippen LogP contribution in [0.1, 0.15) is 18.6 Å². The molecule has 0 N–H and O–H groups in total. The molecule has 0 unspecified atom stereocenters. The summed E-state index contributed by atoms with van der Waals surface area (Å²) in [4.78, 5) is 15.6. The van der Waals surface area contributed by atoms with Crippen LogP contribution in [0.5, 0.6) is 0 Å². The summed E-state index contributed by atoms with van der Waals surface area (Å²) in [5.41, 5.74) is -0.191. The Labute approximate surface area is 96.7 Å². The topological polar surface area (TPSA) is 60.9 Å². The van der Waals surface area contributed by atoms with Crippen molar-refractivity contribution in [3.63, 3.8) is 0 Å². The lowest BCUT2D eigenvalue weighted by atomic mass is 10.4. The maximum Gasteiger partial charge on any atom is 0.252 e. The Balaban J connectivity index is 2.30. The summed E-state index contributed by atoms with van der Waals surface area (Å²) in [5, 5.41) is 4.10. The van der Waals surface area contributed by atoms with E-state index >= 15 is 0 Å². The highest BCUT2D eigenvalue weighted by molar-refractivity contribution is 6.29. The minimum absolute atomic E-state index is 0.191. The van der Waals surface area contributed by atoms with Gasteiger partial charge in [0.1, 0.15) is 11.7 Å². The lowest BCUT2D eigenvalue weighted by Gasteiger charge is -2.03. The van der Waals surface area contributed by atoms with Crippen LogP contribution >= 0.6 is 11.6 Å². The molecule has 6 heteroatoms. The quantitative estimate of drug-likeness (QED) is 0.762. The minimum Gasteiger partial charge on any atom is -0.337 e. The standard InChI is InChI=1S/C10H10ClN3O2/c1-2-8-12-9(16-13-8)6-14-7(11)4-3-5-10(14)15/h3-5H,2,6H2,1H3. The van der Waals surface area contributed by atoms with E-state index in [2.05, 4.69) is 10.1 Å². The molecule has 2 rings (SSSR count). The second-order valence-electron chi connectivity index (χ2n) is 3.23. The van der Waals surface area contributed by atoms with Crippen LogP contribution in [-0.4, -0.2) is 14.7 Å². The van der Waals surface area contributed by atoms with Gasteiger partial charge in [-0.2, -0.15) is 4.98 Å². The van der Waals surface area contributed by atoms with E-state index in [0.29, 0.717) is 23.3 Å². The molecule has 2 aromatic rings. The largest absolute Gasteiger partial charge is 0.337 e. The van der Waals surface area contributed by atoms with Gasteiger partial charge < -0.3 is 4.52 Å². The molecule has 2 aromatic heterocycles. The summed E-state index contributed by atoms with van der Waals surface area (Å²) in [7, 11) is 0. The van der Waals surface area contributed by atoms with Crippen molar-refractivity contribution in [1.29, 1.82) is 0 Å². The summed E-state index contributed by atoms with van der Waals surface area (Å²) in [6.45, 7) is 2.13. The van der Waals surface area contributed by atoms with E-state index in [-0.39, 0.29) is 12.1 Å². The fraction of sp³-hybridized carbons (Fsp3) is 0.300. The van der Waals surface area contributed by atoms with Crippen LogP contribution in [0, 0.1) is 0 Å². The highest BCUT2D eigenvalue weighted by atomic mass is 35.5. The predicted molar refractivity (Wildman–Crippen MR) is 58.5 cm³/mol. The first-order chi connectivity index (χ1) is 7.70. The van der Waals surface area contributed by atoms with Crippen molar-refractivity contribution in [3.05, 3.63) is 45.4 Å². The van der Waals surface area contributed by atoms with Gasteiger partial charge in [0.25, 0.3) is 5.56 Å². The Morgan fingerprint density at radius 1 is 1.50 bits per heavy atom. The van der Waals surface area contributed by atoms with Crippen molar-refractivity contribution in [2.75, 3.05) is 0 Å². The van der Waals surface area contributed by atoms with Crippen molar-refractivity contribution in [3.8, 4) is 0 Å². The number of pyridine rings is 1. The van der Waals surface area contributed by atoms with E-state index in [1.165, 1.54) is 10.6 Å². The van der Waals surface area contributed by atoms with E-state index in [9.17, 15) is 4.79 Å². The molecule has 2 heterocycles. The summed E-state index contributed by atoms with van der Waals surface area (Å²) in [6.07, 6.45) is 0.695. The number of rotatable bonds is 3. The summed E-state index contributed by atoms with van der Waals surface area (Å²) in [5.74, 6) is 1.00. The molecule has 0 amide bonds. The molecule has 0 saturated carbocycles. The molecule has 0 aliphatic carbocycles. The fourth-order valence-corrected chi connectivity index (χ4v) is 1.50. The SMILES string of the molecule is CCc1noc(Cn2c(Cl)cccc2=O)n1. The monoisotopic (exact) mass is 239 g/mol. The van der Waals surface area contributed by atoms with Crippen LogP contribution < -0.4 is 5.56 Å². The molecule has 0 fully saturated rings. The fourth-order valence-electron chi connectivity index (χ4n) is 1.28. The van der Waals surface area contributed by atoms with Gasteiger partial charge in [-0.25, -0.2) is 0 Å². The van der Waals surface area contributed by atoms with E-state index < -0.39 is 0 Å². The smallest absolute Gasteiger partial charge is 0.252 e. The third-order valence-electron chi connectivity index (χ3n) is 2.12. The van der Waals surface area contributed by atoms with Crippen molar-refractivity contribution >= 4 is 11.6 Å². The molecule has 84 valence electrons. The first kappa shape index (κ1) is 10.9. The van der Waals surface area contributed by atoms with Gasteiger partial charge in [0.15, 0.2) is 5.82 Å². The average Bonchev–Trinajstić information content (AvgIpc) is 2.71. The molecule has 0 bridgehead atoms. The third-order valence-corrected chi connectivity index (χ3v) is 2.45. The van der Waals surface area contributed by atoms with Gasteiger partial charge in [0.2, 0.25) is 5.89 Å². The first-order valence-corrected chi connectivity index (χ1v) is 5.25. The molecule has 0 aliphatic heterocycles. The highest BCUT2D eigenvalue weighted by Crippen LogP contribution is 2.07. The van der Waals surface area contributed by atoms with Crippen molar-refractivity contribution in [2.24, 2.45) is 0 Å². The lowest BCUT2D eigenvalue weighted by molar-refractivity contribution is 0.365. The van der Waals surface area contributed by atoms with Gasteiger partial charge in [-0.15, -0.1) is 0 Å². The molecule has 0 aliphatic rings. The summed E-state index contributed by atoms with van der Waals surface area (Å²) < 4.78 is 6.36. The highest BCUT2D eigenvalue weighted by Gasteiger charge is 2.08. The summed E-state index contributed by atoms with van der Waals surface area (Å²) >= 11 is 5.89. The van der Waals surface area contributed by atoms with Crippen molar-refractivity contribution in [1.82, 2.24) is 14.7 Å². The zero-order valence-electron chi connectivity index (χ0n) is 8.68. The molecular formula is C10H10ClN3O2. The van der Waals surface area contributed by atoms with Gasteiger partial charge in [0.05, 0.1) is 0 Å². The van der Waals surface area contributed by atoms with Gasteiger partial charge in [0, 0.05) is 12.5 Å². The molecule has 0 spiro atoms. The molecule has 0 radical (unpaired) electrons. The number of hydrogen-bond donors (Lipinski definition) is 0. The maximum absolute atomic E-state index is 11.5. The normalized spacial score (nSPS) is 10.6. The molecule has 5 nitrogen and oxygen atoms in total. The Bertz CT molecular complexity index is 547. The van der Waals surface area contributed by atoms with E-state index in [1.807, 2.05) is 6.92 Å². The zero-order valence-corrected chi connectivity index (χ0v) is 9.44. The zero-order chi connectivity index (χ0) is 11.5.